The summed E-state index contributed by atoms with van der Waals surface area (Å²) >= 11 is 1.34. The lowest BCUT2D eigenvalue weighted by Gasteiger charge is -2.17. The number of nitrogens with zero attached hydrogens (tertiary/aromatic N) is 2. The average molecular weight is 460 g/mol. The van der Waals surface area contributed by atoms with Gasteiger partial charge in [0.1, 0.15) is 5.75 Å². The summed E-state index contributed by atoms with van der Waals surface area (Å²) in [6, 6.07) is 12.4. The molecule has 0 aliphatic carbocycles. The van der Waals surface area contributed by atoms with Crippen molar-refractivity contribution >= 4 is 32.4 Å². The highest BCUT2D eigenvalue weighted by atomic mass is 32.2. The van der Waals surface area contributed by atoms with Gasteiger partial charge in [0.2, 0.25) is 15.9 Å². The van der Waals surface area contributed by atoms with Crippen LogP contribution in [0.2, 0.25) is 0 Å². The van der Waals surface area contributed by atoms with Gasteiger partial charge >= 0.3 is 0 Å². The average Bonchev–Trinajstić information content (AvgIpc) is 3.09. The van der Waals surface area contributed by atoms with Crippen LogP contribution in [0.3, 0.4) is 0 Å². The number of benzene rings is 2. The predicted molar refractivity (Wildman–Crippen MR) is 123 cm³/mol. The fourth-order valence-electron chi connectivity index (χ4n) is 2.97. The van der Waals surface area contributed by atoms with Gasteiger partial charge in [0.05, 0.1) is 24.2 Å². The van der Waals surface area contributed by atoms with Crippen molar-refractivity contribution in [2.24, 2.45) is 0 Å². The van der Waals surface area contributed by atoms with E-state index in [4.69, 9.17) is 4.74 Å². The van der Waals surface area contributed by atoms with Crippen LogP contribution >= 0.6 is 11.3 Å². The van der Waals surface area contributed by atoms with E-state index in [1.54, 1.807) is 25.3 Å². The maximum Gasteiger partial charge on any atom is 0.243 e. The molecule has 0 aliphatic heterocycles. The molecule has 7 nitrogen and oxygen atoms in total. The topological polar surface area (TPSA) is 88.6 Å². The maximum absolute atomic E-state index is 12.8. The molecule has 0 saturated heterocycles. The van der Waals surface area contributed by atoms with E-state index >= 15 is 0 Å². The van der Waals surface area contributed by atoms with Crippen LogP contribution in [0.25, 0.3) is 11.3 Å². The molecular weight excluding hydrogens is 434 g/mol. The molecule has 0 spiro atoms. The minimum atomic E-state index is -3.77. The molecule has 1 heterocycles. The van der Waals surface area contributed by atoms with Gasteiger partial charge in [-0.3, -0.25) is 4.79 Å². The fourth-order valence-corrected chi connectivity index (χ4v) is 5.03. The van der Waals surface area contributed by atoms with Gasteiger partial charge in [0.25, 0.3) is 0 Å². The molecule has 0 atom stereocenters. The van der Waals surface area contributed by atoms with Crippen LogP contribution in [0.5, 0.6) is 5.75 Å². The first-order chi connectivity index (χ1) is 14.6. The van der Waals surface area contributed by atoms with Crippen LogP contribution in [0.1, 0.15) is 16.0 Å². The van der Waals surface area contributed by atoms with Gasteiger partial charge in [-0.2, -0.15) is 4.31 Å². The fraction of sp³-hybridized carbons (Fsp3) is 0.273. The van der Waals surface area contributed by atoms with Crippen LogP contribution in [-0.4, -0.2) is 44.3 Å². The van der Waals surface area contributed by atoms with Gasteiger partial charge in [-0.15, -0.1) is 11.3 Å². The first kappa shape index (κ1) is 22.9. The van der Waals surface area contributed by atoms with Crippen molar-refractivity contribution in [3.8, 4) is 17.0 Å². The number of methoxy groups -OCH3 is 1. The molecule has 1 aromatic heterocycles. The van der Waals surface area contributed by atoms with Gasteiger partial charge in [-0.05, 0) is 68.3 Å². The molecule has 1 amide bonds. The zero-order valence-corrected chi connectivity index (χ0v) is 19.7. The minimum absolute atomic E-state index is 0.165. The van der Waals surface area contributed by atoms with Gasteiger partial charge < -0.3 is 10.1 Å². The highest BCUT2D eigenvalue weighted by Crippen LogP contribution is 2.31. The minimum Gasteiger partial charge on any atom is -0.497 e. The Morgan fingerprint density at radius 2 is 1.77 bits per heavy atom. The molecule has 31 heavy (non-hydrogen) atoms. The predicted octanol–water partition coefficient (Wildman–Crippen LogP) is 4.00. The van der Waals surface area contributed by atoms with Gasteiger partial charge in [-0.25, -0.2) is 13.4 Å². The van der Waals surface area contributed by atoms with E-state index in [-0.39, 0.29) is 11.4 Å². The highest BCUT2D eigenvalue weighted by molar-refractivity contribution is 7.89. The molecule has 3 aromatic rings. The number of aromatic nitrogens is 1. The van der Waals surface area contributed by atoms with Crippen molar-refractivity contribution in [1.82, 2.24) is 9.29 Å². The Labute approximate surface area is 186 Å². The number of anilines is 1. The number of hydrogen-bond acceptors (Lipinski definition) is 6. The Morgan fingerprint density at radius 3 is 2.39 bits per heavy atom. The second-order valence-electron chi connectivity index (χ2n) is 7.21. The van der Waals surface area contributed by atoms with Crippen molar-refractivity contribution in [3.63, 3.8) is 0 Å². The Balaban J connectivity index is 1.71. The summed E-state index contributed by atoms with van der Waals surface area (Å²) in [7, 11) is -0.781. The van der Waals surface area contributed by atoms with E-state index in [1.807, 2.05) is 45.0 Å². The number of carbonyl (C=O) groups is 1. The van der Waals surface area contributed by atoms with Crippen LogP contribution in [0.4, 0.5) is 5.13 Å². The molecule has 0 radical (unpaired) electrons. The quantitative estimate of drug-likeness (QED) is 0.577. The van der Waals surface area contributed by atoms with Crippen molar-refractivity contribution in [2.45, 2.75) is 25.7 Å². The number of sulfonamides is 1. The summed E-state index contributed by atoms with van der Waals surface area (Å²) in [5.41, 5.74) is 3.55. The zero-order chi connectivity index (χ0) is 22.8. The lowest BCUT2D eigenvalue weighted by molar-refractivity contribution is -0.116. The number of likely N-dealkylation sites (N-methyl/N-ethyl adjacent to an activating group) is 1. The number of carbonyl (C=O) groups excluding carboxylic acids is 1. The molecular formula is C22H25N3O4S2. The number of nitrogens with one attached hydrogen (secondary N) is 1. The van der Waals surface area contributed by atoms with Gasteiger partial charge in [0, 0.05) is 17.5 Å². The second-order valence-corrected chi connectivity index (χ2v) is 10.5. The van der Waals surface area contributed by atoms with Gasteiger partial charge in [-0.1, -0.05) is 6.07 Å². The first-order valence-electron chi connectivity index (χ1n) is 9.57. The smallest absolute Gasteiger partial charge is 0.243 e. The number of thiazole rings is 1. The van der Waals surface area contributed by atoms with E-state index in [1.165, 1.54) is 18.4 Å². The molecule has 1 N–H and O–H groups in total. The van der Waals surface area contributed by atoms with Crippen molar-refractivity contribution in [2.75, 3.05) is 26.0 Å². The second kappa shape index (κ2) is 9.17. The lowest BCUT2D eigenvalue weighted by Crippen LogP contribution is -2.35. The molecule has 0 bridgehead atoms. The van der Waals surface area contributed by atoms with Crippen LogP contribution in [0, 0.1) is 20.8 Å². The lowest BCUT2D eigenvalue weighted by atomic mass is 10.1. The van der Waals surface area contributed by atoms with E-state index in [0.29, 0.717) is 5.13 Å². The molecule has 0 aliphatic rings. The summed E-state index contributed by atoms with van der Waals surface area (Å²) in [4.78, 5) is 18.1. The van der Waals surface area contributed by atoms with Crippen molar-refractivity contribution < 1.29 is 17.9 Å². The summed E-state index contributed by atoms with van der Waals surface area (Å²) in [5, 5.41) is 3.13. The Bertz CT molecular complexity index is 1200. The Kier molecular flexibility index (Phi) is 6.78. The number of amides is 1. The molecule has 0 unspecified atom stereocenters. The summed E-state index contributed by atoms with van der Waals surface area (Å²) < 4.78 is 31.8. The van der Waals surface area contributed by atoms with E-state index in [2.05, 4.69) is 10.3 Å². The van der Waals surface area contributed by atoms with Crippen LogP contribution < -0.4 is 10.1 Å². The summed E-state index contributed by atoms with van der Waals surface area (Å²) in [5.74, 6) is 0.295. The third-order valence-corrected chi connectivity index (χ3v) is 7.64. The molecule has 0 fully saturated rings. The molecule has 3 rings (SSSR count). The Morgan fingerprint density at radius 1 is 1.10 bits per heavy atom. The Hall–Kier alpha value is -2.75. The van der Waals surface area contributed by atoms with Crippen molar-refractivity contribution in [1.29, 1.82) is 0 Å². The molecule has 164 valence electrons. The first-order valence-corrected chi connectivity index (χ1v) is 11.8. The number of rotatable bonds is 7. The standard InChI is InChI=1S/C22H25N3O4S2/c1-14-6-11-19(12-15(14)2)31(27,28)25(4)13-20(26)23-22-24-21(16(3)30-22)17-7-9-18(29-5)10-8-17/h6-12H,13H2,1-5H3,(H,23,24,26). The number of hydrogen-bond donors (Lipinski definition) is 1. The van der Waals surface area contributed by atoms with Crippen LogP contribution in [0.15, 0.2) is 47.4 Å². The number of ether oxygens (including phenoxy) is 1. The monoisotopic (exact) mass is 459 g/mol. The largest absolute Gasteiger partial charge is 0.497 e. The highest BCUT2D eigenvalue weighted by Gasteiger charge is 2.24. The zero-order valence-electron chi connectivity index (χ0n) is 18.1. The van der Waals surface area contributed by atoms with E-state index in [9.17, 15) is 13.2 Å². The van der Waals surface area contributed by atoms with E-state index in [0.717, 1.165) is 37.3 Å². The van der Waals surface area contributed by atoms with Crippen molar-refractivity contribution in [3.05, 3.63) is 58.5 Å². The SMILES string of the molecule is COc1ccc(-c2nc(NC(=O)CN(C)S(=O)(=O)c3ccc(C)c(C)c3)sc2C)cc1. The summed E-state index contributed by atoms with van der Waals surface area (Å²) in [6.07, 6.45) is 0. The third-order valence-electron chi connectivity index (χ3n) is 4.96. The molecule has 0 saturated carbocycles. The third kappa shape index (κ3) is 5.12. The molecule has 9 heteroatoms. The van der Waals surface area contributed by atoms with E-state index < -0.39 is 15.9 Å². The maximum atomic E-state index is 12.8. The van der Waals surface area contributed by atoms with Crippen LogP contribution in [-0.2, 0) is 14.8 Å². The normalized spacial score (nSPS) is 11.5. The summed E-state index contributed by atoms with van der Waals surface area (Å²) in [6.45, 7) is 5.38. The molecule has 2 aromatic carbocycles. The van der Waals surface area contributed by atoms with Gasteiger partial charge in [0.15, 0.2) is 5.13 Å². The number of aryl methyl sites for hydroxylation is 3.